The molecule has 4 rings (SSSR count). The van der Waals surface area contributed by atoms with Crippen LogP contribution in [0.5, 0.6) is 0 Å². The lowest BCUT2D eigenvalue weighted by molar-refractivity contribution is -0.197. The third kappa shape index (κ3) is 7.76. The van der Waals surface area contributed by atoms with Crippen molar-refractivity contribution in [3.8, 4) is 0 Å². The third-order valence-corrected chi connectivity index (χ3v) is 8.87. The summed E-state index contributed by atoms with van der Waals surface area (Å²) < 4.78 is 0. The van der Waals surface area contributed by atoms with Gasteiger partial charge in [-0.1, -0.05) is 70.6 Å². The first-order valence-corrected chi connectivity index (χ1v) is 15.5. The Kier molecular flexibility index (Phi) is 10.4. The van der Waals surface area contributed by atoms with Crippen molar-refractivity contribution in [2.75, 3.05) is 23.0 Å². The van der Waals surface area contributed by atoms with Crippen LogP contribution in [0.4, 0.5) is 5.69 Å². The summed E-state index contributed by atoms with van der Waals surface area (Å²) in [7, 11) is 2.91. The summed E-state index contributed by atoms with van der Waals surface area (Å²) in [4.78, 5) is 67.1. The number of hydrogen-bond acceptors (Lipinski definition) is 8. The van der Waals surface area contributed by atoms with E-state index in [0.29, 0.717) is 36.1 Å². The lowest BCUT2D eigenvalue weighted by atomic mass is 9.92. The molecule has 9 nitrogen and oxygen atoms in total. The molecule has 2 aliphatic rings. The summed E-state index contributed by atoms with van der Waals surface area (Å²) in [5, 5.41) is 3.38. The van der Waals surface area contributed by atoms with E-state index < -0.39 is 17.8 Å². The second kappa shape index (κ2) is 14.2. The van der Waals surface area contributed by atoms with Crippen LogP contribution in [-0.2, 0) is 41.8 Å². The van der Waals surface area contributed by atoms with Gasteiger partial charge in [-0.2, -0.15) is 0 Å². The molecule has 40 heavy (non-hydrogen) atoms. The maximum Gasteiger partial charge on any atom is 0.334 e. The minimum Gasteiger partial charge on any atom is -0.355 e. The molecule has 0 radical (unpaired) electrons. The van der Waals surface area contributed by atoms with E-state index in [1.165, 1.54) is 21.6 Å². The molecule has 1 fully saturated rings. The molecule has 0 spiro atoms. The van der Waals surface area contributed by atoms with Crippen molar-refractivity contribution < 1.29 is 28.8 Å². The molecule has 0 bridgehead atoms. The number of para-hydroxylation sites is 1. The molecule has 4 amide bonds. The summed E-state index contributed by atoms with van der Waals surface area (Å²) in [5.74, 6) is -0.887. The van der Waals surface area contributed by atoms with Crippen molar-refractivity contribution in [2.24, 2.45) is 0 Å². The van der Waals surface area contributed by atoms with Crippen LogP contribution >= 0.6 is 21.6 Å². The van der Waals surface area contributed by atoms with Gasteiger partial charge in [0.1, 0.15) is 0 Å². The van der Waals surface area contributed by atoms with E-state index in [0.717, 1.165) is 28.0 Å². The highest BCUT2D eigenvalue weighted by Crippen LogP contribution is 2.33. The molecule has 2 aromatic carbocycles. The molecule has 2 aliphatic heterocycles. The van der Waals surface area contributed by atoms with Crippen LogP contribution in [0.15, 0.2) is 55.1 Å². The fraction of sp³-hybridized carbons (Fsp3) is 0.345. The molecule has 0 unspecified atom stereocenters. The minimum absolute atomic E-state index is 0.0570. The summed E-state index contributed by atoms with van der Waals surface area (Å²) in [6.45, 7) is 5.10. The number of carbonyl (C=O) groups excluding carboxylic acids is 5. The van der Waals surface area contributed by atoms with Crippen LogP contribution in [-0.4, -0.2) is 52.7 Å². The normalized spacial score (nSPS) is 14.8. The molecule has 1 N–H and O–H groups in total. The Balaban J connectivity index is 1.17. The number of nitrogens with one attached hydrogen (secondary N) is 1. The topological polar surface area (TPSA) is 113 Å². The van der Waals surface area contributed by atoms with Crippen molar-refractivity contribution in [2.45, 2.75) is 45.1 Å². The van der Waals surface area contributed by atoms with E-state index in [-0.39, 0.29) is 43.9 Å². The summed E-state index contributed by atoms with van der Waals surface area (Å²) in [6, 6.07) is 15.8. The lowest BCUT2D eigenvalue weighted by Crippen LogP contribution is -2.34. The van der Waals surface area contributed by atoms with Crippen LogP contribution in [0.2, 0.25) is 0 Å². The predicted molar refractivity (Wildman–Crippen MR) is 156 cm³/mol. The van der Waals surface area contributed by atoms with Crippen molar-refractivity contribution >= 4 is 62.4 Å². The number of allylic oxidation sites excluding steroid dienone is 1. The maximum atomic E-state index is 13.3. The van der Waals surface area contributed by atoms with Gasteiger partial charge in [-0.05, 0) is 34.8 Å². The third-order valence-electron chi connectivity index (χ3n) is 6.46. The zero-order valence-corrected chi connectivity index (χ0v) is 23.7. The van der Waals surface area contributed by atoms with Gasteiger partial charge in [-0.3, -0.25) is 19.2 Å². The van der Waals surface area contributed by atoms with Gasteiger partial charge in [0.05, 0.1) is 13.0 Å². The molecule has 11 heteroatoms. The van der Waals surface area contributed by atoms with E-state index in [4.69, 9.17) is 4.84 Å². The molecule has 0 atom stereocenters. The van der Waals surface area contributed by atoms with Crippen molar-refractivity contribution in [3.63, 3.8) is 0 Å². The smallest absolute Gasteiger partial charge is 0.334 e. The Morgan fingerprint density at radius 3 is 2.33 bits per heavy atom. The fourth-order valence-electron chi connectivity index (χ4n) is 4.45. The summed E-state index contributed by atoms with van der Waals surface area (Å²) in [5.41, 5.74) is 4.97. The van der Waals surface area contributed by atoms with Gasteiger partial charge in [0.25, 0.3) is 11.8 Å². The number of imide groups is 1. The highest BCUT2D eigenvalue weighted by Gasteiger charge is 2.32. The van der Waals surface area contributed by atoms with Crippen LogP contribution in [0.1, 0.15) is 48.8 Å². The first kappa shape index (κ1) is 29.4. The molecular weight excluding hydrogens is 550 g/mol. The number of benzene rings is 2. The minimum atomic E-state index is -0.634. The van der Waals surface area contributed by atoms with Crippen LogP contribution < -0.4 is 10.2 Å². The second-order valence-electron chi connectivity index (χ2n) is 9.34. The number of amides is 4. The number of rotatable bonds is 11. The first-order valence-electron chi connectivity index (χ1n) is 13.1. The standard InChI is InChI=1S/C29H31N3O6S2/c1-20-18-21-6-3-5-9-24(21)31(19-22-7-2-4-8-23(20)22)26(34)11-10-25(33)30-15-17-40-39-16-14-29(37)38-32-27(35)12-13-28(32)36/h2-9H,1,10-19H2,(H,30,33). The molecular formula is C29H31N3O6S2. The lowest BCUT2D eigenvalue weighted by Gasteiger charge is -2.29. The van der Waals surface area contributed by atoms with Gasteiger partial charge in [-0.25, -0.2) is 4.79 Å². The van der Waals surface area contributed by atoms with Gasteiger partial charge in [0.15, 0.2) is 0 Å². The van der Waals surface area contributed by atoms with Crippen LogP contribution in [0.25, 0.3) is 5.57 Å². The van der Waals surface area contributed by atoms with Crippen molar-refractivity contribution in [3.05, 3.63) is 71.8 Å². The first-order chi connectivity index (χ1) is 19.3. The van der Waals surface area contributed by atoms with Crippen molar-refractivity contribution in [1.82, 2.24) is 10.4 Å². The van der Waals surface area contributed by atoms with E-state index in [1.54, 1.807) is 4.90 Å². The molecule has 2 aromatic rings. The number of hydrogen-bond donors (Lipinski definition) is 1. The van der Waals surface area contributed by atoms with Gasteiger partial charge < -0.3 is 15.1 Å². The molecule has 0 aliphatic carbocycles. The van der Waals surface area contributed by atoms with Crippen LogP contribution in [0, 0.1) is 0 Å². The predicted octanol–water partition coefficient (Wildman–Crippen LogP) is 4.06. The largest absolute Gasteiger partial charge is 0.355 e. The molecule has 0 saturated carbocycles. The summed E-state index contributed by atoms with van der Waals surface area (Å²) in [6.07, 6.45) is 1.01. The molecule has 210 valence electrons. The molecule has 0 aromatic heterocycles. The highest BCUT2D eigenvalue weighted by atomic mass is 33.1. The number of anilines is 1. The van der Waals surface area contributed by atoms with Gasteiger partial charge in [0.2, 0.25) is 11.8 Å². The second-order valence-corrected chi connectivity index (χ2v) is 12.0. The fourth-order valence-corrected chi connectivity index (χ4v) is 6.33. The highest BCUT2D eigenvalue weighted by molar-refractivity contribution is 8.76. The monoisotopic (exact) mass is 581 g/mol. The Morgan fingerprint density at radius 1 is 0.875 bits per heavy atom. The van der Waals surface area contributed by atoms with E-state index in [9.17, 15) is 24.0 Å². The quantitative estimate of drug-likeness (QED) is 0.240. The number of hydroxylamine groups is 2. The number of carbonyl (C=O) groups is 5. The average molecular weight is 582 g/mol. The zero-order chi connectivity index (χ0) is 28.5. The Bertz CT molecular complexity index is 1300. The SMILES string of the molecule is C=C1Cc2ccccc2N(C(=O)CCC(=O)NCCSSCCC(=O)ON2C(=O)CCC2=O)Cc2ccccc21. The van der Waals surface area contributed by atoms with E-state index in [1.807, 2.05) is 48.5 Å². The average Bonchev–Trinajstić information content (AvgIpc) is 3.26. The van der Waals surface area contributed by atoms with Crippen molar-refractivity contribution in [1.29, 1.82) is 0 Å². The summed E-state index contributed by atoms with van der Waals surface area (Å²) >= 11 is 0. The van der Waals surface area contributed by atoms with Gasteiger partial charge >= 0.3 is 5.97 Å². The number of nitrogens with zero attached hydrogens (tertiary/aromatic N) is 2. The molecule has 1 saturated heterocycles. The maximum absolute atomic E-state index is 13.3. The van der Waals surface area contributed by atoms with Gasteiger partial charge in [-0.15, -0.1) is 5.06 Å². The Labute approximate surface area is 241 Å². The Morgan fingerprint density at radius 2 is 1.55 bits per heavy atom. The Hall–Kier alpha value is -3.57. The zero-order valence-electron chi connectivity index (χ0n) is 22.1. The van der Waals surface area contributed by atoms with E-state index in [2.05, 4.69) is 11.9 Å². The number of fused-ring (bicyclic) bond motifs is 2. The van der Waals surface area contributed by atoms with Gasteiger partial charge in [0, 0.05) is 49.4 Å². The van der Waals surface area contributed by atoms with Crippen LogP contribution in [0.3, 0.4) is 0 Å². The molecule has 2 heterocycles. The van der Waals surface area contributed by atoms with E-state index >= 15 is 0 Å².